The molecule has 3 heterocycles. The SMILES string of the molecule is Cc1ccccc1-c1noc(CN2CCN(S(=O)(=O)c3ccc(C(N)=O)o3)CC2)n1. The predicted octanol–water partition coefficient (Wildman–Crippen LogP) is 1.24. The summed E-state index contributed by atoms with van der Waals surface area (Å²) in [5, 5.41) is 3.77. The number of primary amides is 1. The number of sulfonamides is 1. The van der Waals surface area contributed by atoms with Crippen LogP contribution in [-0.4, -0.2) is 59.8 Å². The normalized spacial score (nSPS) is 16.0. The van der Waals surface area contributed by atoms with Gasteiger partial charge in [0.05, 0.1) is 6.54 Å². The molecule has 1 aliphatic rings. The molecule has 11 heteroatoms. The molecule has 30 heavy (non-hydrogen) atoms. The van der Waals surface area contributed by atoms with E-state index < -0.39 is 15.9 Å². The molecule has 0 spiro atoms. The molecule has 1 saturated heterocycles. The molecule has 4 rings (SSSR count). The Morgan fingerprint density at radius 3 is 2.53 bits per heavy atom. The molecule has 1 amide bonds. The molecular formula is C19H21N5O5S. The molecule has 0 unspecified atom stereocenters. The molecule has 0 aliphatic carbocycles. The van der Waals surface area contributed by atoms with Crippen LogP contribution in [0.15, 0.2) is 50.4 Å². The summed E-state index contributed by atoms with van der Waals surface area (Å²) in [6.07, 6.45) is 0. The van der Waals surface area contributed by atoms with E-state index in [-0.39, 0.29) is 23.9 Å². The topological polar surface area (TPSA) is 136 Å². The van der Waals surface area contributed by atoms with Gasteiger partial charge in [-0.05, 0) is 24.6 Å². The van der Waals surface area contributed by atoms with Crippen LogP contribution >= 0.6 is 0 Å². The van der Waals surface area contributed by atoms with Crippen LogP contribution in [0, 0.1) is 6.92 Å². The van der Waals surface area contributed by atoms with Crippen molar-refractivity contribution < 1.29 is 22.2 Å². The zero-order valence-electron chi connectivity index (χ0n) is 16.3. The lowest BCUT2D eigenvalue weighted by atomic mass is 10.1. The Morgan fingerprint density at radius 2 is 1.87 bits per heavy atom. The fraction of sp³-hybridized carbons (Fsp3) is 0.316. The van der Waals surface area contributed by atoms with Crippen molar-refractivity contribution in [3.63, 3.8) is 0 Å². The Morgan fingerprint density at radius 1 is 1.13 bits per heavy atom. The molecule has 158 valence electrons. The zero-order chi connectivity index (χ0) is 21.3. The molecule has 1 aromatic carbocycles. The summed E-state index contributed by atoms with van der Waals surface area (Å²) in [5.41, 5.74) is 7.09. The van der Waals surface area contributed by atoms with E-state index in [1.165, 1.54) is 16.4 Å². The summed E-state index contributed by atoms with van der Waals surface area (Å²) in [4.78, 5) is 17.6. The average Bonchev–Trinajstić information content (AvgIpc) is 3.39. The lowest BCUT2D eigenvalue weighted by Gasteiger charge is -2.32. The van der Waals surface area contributed by atoms with E-state index in [4.69, 9.17) is 14.7 Å². The standard InChI is InChI=1S/C19H21N5O5S/c1-13-4-2-3-5-14(13)19-21-16(29-22-19)12-23-8-10-24(11-9-23)30(26,27)17-7-6-15(28-17)18(20)25/h2-7H,8-12H2,1H3,(H2,20,25). The van der Waals surface area contributed by atoms with Crippen LogP contribution < -0.4 is 5.73 Å². The maximum absolute atomic E-state index is 12.7. The van der Waals surface area contributed by atoms with Crippen LogP contribution in [-0.2, 0) is 16.6 Å². The summed E-state index contributed by atoms with van der Waals surface area (Å²) < 4.78 is 37.2. The molecule has 0 saturated carbocycles. The van der Waals surface area contributed by atoms with Crippen molar-refractivity contribution in [2.45, 2.75) is 18.6 Å². The number of aromatic nitrogens is 2. The van der Waals surface area contributed by atoms with Crippen LogP contribution in [0.1, 0.15) is 22.0 Å². The Balaban J connectivity index is 1.38. The van der Waals surface area contributed by atoms with Gasteiger partial charge in [0.15, 0.2) is 5.76 Å². The van der Waals surface area contributed by atoms with Gasteiger partial charge in [-0.1, -0.05) is 29.4 Å². The third kappa shape index (κ3) is 3.99. The third-order valence-electron chi connectivity index (χ3n) is 4.96. The minimum Gasteiger partial charge on any atom is -0.438 e. The van der Waals surface area contributed by atoms with Crippen LogP contribution in [0.2, 0.25) is 0 Å². The van der Waals surface area contributed by atoms with Crippen LogP contribution in [0.4, 0.5) is 0 Å². The fourth-order valence-corrected chi connectivity index (χ4v) is 4.62. The van der Waals surface area contributed by atoms with Crippen LogP contribution in [0.3, 0.4) is 0 Å². The molecule has 3 aromatic rings. The van der Waals surface area contributed by atoms with Crippen molar-refractivity contribution in [1.82, 2.24) is 19.3 Å². The Kier molecular flexibility index (Phi) is 5.41. The Bertz CT molecular complexity index is 1160. The Labute approximate surface area is 173 Å². The number of hydrogen-bond donors (Lipinski definition) is 1. The first-order valence-corrected chi connectivity index (χ1v) is 10.8. The largest absolute Gasteiger partial charge is 0.438 e. The first kappa shape index (κ1) is 20.3. The minimum absolute atomic E-state index is 0.187. The Hall–Kier alpha value is -3.02. The number of amides is 1. The van der Waals surface area contributed by atoms with Gasteiger partial charge in [0.25, 0.3) is 15.9 Å². The second kappa shape index (κ2) is 8.01. The number of nitrogens with two attached hydrogens (primary N) is 1. The maximum Gasteiger partial charge on any atom is 0.284 e. The van der Waals surface area contributed by atoms with Crippen molar-refractivity contribution in [1.29, 1.82) is 0 Å². The van der Waals surface area contributed by atoms with Crippen molar-refractivity contribution in [2.24, 2.45) is 5.73 Å². The molecule has 2 N–H and O–H groups in total. The first-order valence-electron chi connectivity index (χ1n) is 9.35. The summed E-state index contributed by atoms with van der Waals surface area (Å²) in [5.74, 6) is 0.00744. The number of carbonyl (C=O) groups excluding carboxylic acids is 1. The smallest absolute Gasteiger partial charge is 0.284 e. The van der Waals surface area contributed by atoms with Gasteiger partial charge >= 0.3 is 0 Å². The van der Waals surface area contributed by atoms with Crippen LogP contribution in [0.25, 0.3) is 11.4 Å². The molecule has 10 nitrogen and oxygen atoms in total. The zero-order valence-corrected chi connectivity index (χ0v) is 17.1. The van der Waals surface area contributed by atoms with E-state index in [1.807, 2.05) is 36.1 Å². The van der Waals surface area contributed by atoms with E-state index in [1.54, 1.807) is 0 Å². The molecular weight excluding hydrogens is 410 g/mol. The number of nitrogens with zero attached hydrogens (tertiary/aromatic N) is 4. The monoisotopic (exact) mass is 431 g/mol. The number of hydrogen-bond acceptors (Lipinski definition) is 8. The van der Waals surface area contributed by atoms with Crippen molar-refractivity contribution in [2.75, 3.05) is 26.2 Å². The molecule has 2 aromatic heterocycles. The predicted molar refractivity (Wildman–Crippen MR) is 106 cm³/mol. The van der Waals surface area contributed by atoms with Gasteiger partial charge in [-0.2, -0.15) is 9.29 Å². The van der Waals surface area contributed by atoms with Gasteiger partial charge in [0.1, 0.15) is 0 Å². The van der Waals surface area contributed by atoms with E-state index in [0.29, 0.717) is 31.3 Å². The van der Waals surface area contributed by atoms with Gasteiger partial charge < -0.3 is 14.7 Å². The highest BCUT2D eigenvalue weighted by molar-refractivity contribution is 7.89. The van der Waals surface area contributed by atoms with Gasteiger partial charge in [0.2, 0.25) is 16.8 Å². The second-order valence-electron chi connectivity index (χ2n) is 6.99. The van der Waals surface area contributed by atoms with Gasteiger partial charge in [-0.25, -0.2) is 8.42 Å². The molecule has 0 atom stereocenters. The quantitative estimate of drug-likeness (QED) is 0.616. The highest BCUT2D eigenvalue weighted by Crippen LogP contribution is 2.22. The van der Waals surface area contributed by atoms with Crippen molar-refractivity contribution in [3.8, 4) is 11.4 Å². The number of rotatable bonds is 6. The maximum atomic E-state index is 12.7. The highest BCUT2D eigenvalue weighted by atomic mass is 32.2. The number of benzene rings is 1. The summed E-state index contributed by atoms with van der Waals surface area (Å²) >= 11 is 0. The lowest BCUT2D eigenvalue weighted by molar-refractivity contribution is 0.0968. The number of carbonyl (C=O) groups is 1. The summed E-state index contributed by atoms with van der Waals surface area (Å²) in [7, 11) is -3.83. The van der Waals surface area contributed by atoms with Crippen LogP contribution in [0.5, 0.6) is 0 Å². The summed E-state index contributed by atoms with van der Waals surface area (Å²) in [6.45, 7) is 3.94. The van der Waals surface area contributed by atoms with Crippen molar-refractivity contribution in [3.05, 3.63) is 53.6 Å². The van der Waals surface area contributed by atoms with Gasteiger partial charge in [0, 0.05) is 31.7 Å². The third-order valence-corrected chi connectivity index (χ3v) is 6.74. The fourth-order valence-electron chi connectivity index (χ4n) is 3.29. The molecule has 0 radical (unpaired) electrons. The van der Waals surface area contributed by atoms with Gasteiger partial charge in [-0.15, -0.1) is 0 Å². The number of piperazine rings is 1. The van der Waals surface area contributed by atoms with E-state index in [9.17, 15) is 13.2 Å². The number of furan rings is 1. The average molecular weight is 431 g/mol. The molecule has 0 bridgehead atoms. The minimum atomic E-state index is -3.83. The van der Waals surface area contributed by atoms with Gasteiger partial charge in [-0.3, -0.25) is 9.69 Å². The van der Waals surface area contributed by atoms with Crippen molar-refractivity contribution >= 4 is 15.9 Å². The summed E-state index contributed by atoms with van der Waals surface area (Å²) in [6, 6.07) is 10.3. The van der Waals surface area contributed by atoms with E-state index in [2.05, 4.69) is 10.1 Å². The van der Waals surface area contributed by atoms with E-state index in [0.717, 1.165) is 11.1 Å². The highest BCUT2D eigenvalue weighted by Gasteiger charge is 2.31. The second-order valence-corrected chi connectivity index (χ2v) is 8.86. The molecule has 1 fully saturated rings. The lowest BCUT2D eigenvalue weighted by Crippen LogP contribution is -2.48. The first-order chi connectivity index (χ1) is 14.3. The number of aryl methyl sites for hydroxylation is 1. The molecule has 1 aliphatic heterocycles. The van der Waals surface area contributed by atoms with E-state index >= 15 is 0 Å².